The maximum Gasteiger partial charge on any atom is 0.208 e. The van der Waals surface area contributed by atoms with E-state index < -0.39 is 0 Å². The largest absolute Gasteiger partial charge is 0.465 e. The van der Waals surface area contributed by atoms with Crippen LogP contribution in [-0.4, -0.2) is 0 Å². The fourth-order valence-corrected chi connectivity index (χ4v) is 5.61. The third-order valence-corrected chi connectivity index (χ3v) is 7.21. The quantitative estimate of drug-likeness (QED) is 0.379. The van der Waals surface area contributed by atoms with Crippen LogP contribution >= 0.6 is 38.9 Å². The van der Waals surface area contributed by atoms with Crippen LogP contribution < -0.4 is 9.64 Å². The van der Waals surface area contributed by atoms with Crippen molar-refractivity contribution in [2.24, 2.45) is 0 Å². The molecule has 3 aromatic rings. The van der Waals surface area contributed by atoms with Crippen LogP contribution in [0, 0.1) is 5.82 Å². The predicted molar refractivity (Wildman–Crippen MR) is 117 cm³/mol. The van der Waals surface area contributed by atoms with E-state index in [9.17, 15) is 4.39 Å². The Morgan fingerprint density at radius 2 is 2.11 bits per heavy atom. The van der Waals surface area contributed by atoms with Crippen LogP contribution in [0.25, 0.3) is 5.57 Å². The van der Waals surface area contributed by atoms with Gasteiger partial charge >= 0.3 is 0 Å². The normalized spacial score (nSPS) is 19.6. The van der Waals surface area contributed by atoms with Gasteiger partial charge < -0.3 is 9.64 Å². The number of hydrogen-bond donors (Lipinski definition) is 0. The molecule has 0 saturated heterocycles. The molecule has 0 aliphatic carbocycles. The molecular formula is C22H16BrClFNOS. The molecule has 2 unspecified atom stereocenters. The lowest BCUT2D eigenvalue weighted by Gasteiger charge is -2.40. The molecule has 2 nitrogen and oxygen atoms in total. The number of hydrogen-bond acceptors (Lipinski definition) is 3. The Bertz CT molecular complexity index is 1130. The van der Waals surface area contributed by atoms with Crippen LogP contribution in [-0.2, 0) is 6.42 Å². The zero-order valence-electron chi connectivity index (χ0n) is 15.0. The molecule has 0 saturated carbocycles. The van der Waals surface area contributed by atoms with Gasteiger partial charge in [-0.3, -0.25) is 0 Å². The first-order valence-electron chi connectivity index (χ1n) is 8.90. The van der Waals surface area contributed by atoms with Gasteiger partial charge in [0.2, 0.25) is 6.23 Å². The van der Waals surface area contributed by atoms with E-state index in [2.05, 4.69) is 39.5 Å². The first kappa shape index (κ1) is 18.2. The number of halogens is 3. The molecular weight excluding hydrogens is 461 g/mol. The lowest BCUT2D eigenvalue weighted by atomic mass is 9.99. The van der Waals surface area contributed by atoms with Gasteiger partial charge in [-0.25, -0.2) is 4.39 Å². The Morgan fingerprint density at radius 3 is 2.86 bits per heavy atom. The monoisotopic (exact) mass is 475 g/mol. The molecule has 2 aliphatic rings. The number of thiophene rings is 1. The van der Waals surface area contributed by atoms with E-state index in [4.69, 9.17) is 16.3 Å². The predicted octanol–water partition coefficient (Wildman–Crippen LogP) is 7.53. The molecule has 0 bridgehead atoms. The van der Waals surface area contributed by atoms with E-state index in [0.717, 1.165) is 26.6 Å². The number of ether oxygens (including phenoxy) is 1. The standard InChI is InChI=1S/C22H16BrClFNOS/c1-11(2)19-5-6-20(28-19)22-26-16-4-3-14(24)7-12(16)8-17(26)21-15(25)9-13(23)10-18(21)27-22/h3-7,9-10,17,22H,1,8H2,2H3. The Hall–Kier alpha value is -1.82. The third-order valence-electron chi connectivity index (χ3n) is 5.24. The summed E-state index contributed by atoms with van der Waals surface area (Å²) in [6.45, 7) is 6.04. The summed E-state index contributed by atoms with van der Waals surface area (Å²) < 4.78 is 22.0. The molecule has 0 radical (unpaired) electrons. The van der Waals surface area contributed by atoms with Gasteiger partial charge in [-0.15, -0.1) is 11.3 Å². The number of nitrogens with zero attached hydrogens (tertiary/aromatic N) is 1. The average molecular weight is 477 g/mol. The molecule has 2 aromatic carbocycles. The Kier molecular flexibility index (Phi) is 4.30. The number of allylic oxidation sites excluding steroid dienone is 1. The first-order valence-corrected chi connectivity index (χ1v) is 10.9. The fourth-order valence-electron chi connectivity index (χ4n) is 4.04. The summed E-state index contributed by atoms with van der Waals surface area (Å²) in [6, 6.07) is 13.2. The molecule has 3 heterocycles. The van der Waals surface area contributed by atoms with Gasteiger partial charge in [0, 0.05) is 20.1 Å². The van der Waals surface area contributed by atoms with E-state index in [1.807, 2.05) is 31.2 Å². The molecule has 0 fully saturated rings. The third kappa shape index (κ3) is 2.79. The van der Waals surface area contributed by atoms with Crippen LogP contribution in [0.2, 0.25) is 5.02 Å². The molecule has 142 valence electrons. The lowest BCUT2D eigenvalue weighted by molar-refractivity contribution is 0.168. The maximum atomic E-state index is 14.9. The van der Waals surface area contributed by atoms with Crippen LogP contribution in [0.3, 0.4) is 0 Å². The highest BCUT2D eigenvalue weighted by Gasteiger charge is 2.44. The van der Waals surface area contributed by atoms with Crippen molar-refractivity contribution in [1.29, 1.82) is 0 Å². The van der Waals surface area contributed by atoms with Gasteiger partial charge in [-0.05, 0) is 66.9 Å². The second-order valence-electron chi connectivity index (χ2n) is 7.15. The zero-order valence-corrected chi connectivity index (χ0v) is 18.2. The smallest absolute Gasteiger partial charge is 0.208 e. The molecule has 0 spiro atoms. The number of anilines is 1. The SMILES string of the molecule is C=C(C)c1ccc(C2Oc3cc(Br)cc(F)c3C3Cc4cc(Cl)ccc4N32)s1. The van der Waals surface area contributed by atoms with Gasteiger partial charge in [0.1, 0.15) is 11.6 Å². The molecule has 6 heteroatoms. The van der Waals surface area contributed by atoms with Crippen LogP contribution in [0.15, 0.2) is 53.5 Å². The van der Waals surface area contributed by atoms with Crippen molar-refractivity contribution in [2.45, 2.75) is 25.6 Å². The minimum absolute atomic E-state index is 0.134. The highest BCUT2D eigenvalue weighted by molar-refractivity contribution is 9.10. The number of rotatable bonds is 2. The molecule has 1 aromatic heterocycles. The number of fused-ring (bicyclic) bond motifs is 5. The van der Waals surface area contributed by atoms with Gasteiger partial charge in [-0.2, -0.15) is 0 Å². The summed E-state index contributed by atoms with van der Waals surface area (Å²) in [5.41, 5.74) is 3.77. The van der Waals surface area contributed by atoms with E-state index in [1.165, 1.54) is 6.07 Å². The molecule has 28 heavy (non-hydrogen) atoms. The zero-order chi connectivity index (χ0) is 19.6. The molecule has 2 aliphatic heterocycles. The van der Waals surface area contributed by atoms with Gasteiger partial charge in [0.05, 0.1) is 16.5 Å². The lowest BCUT2D eigenvalue weighted by Crippen LogP contribution is -2.37. The Labute approximate surface area is 180 Å². The van der Waals surface area contributed by atoms with Gasteiger partial charge in [-0.1, -0.05) is 34.1 Å². The molecule has 5 rings (SSSR count). The van der Waals surface area contributed by atoms with Crippen molar-refractivity contribution in [3.8, 4) is 5.75 Å². The molecule has 0 N–H and O–H groups in total. The Morgan fingerprint density at radius 1 is 1.29 bits per heavy atom. The van der Waals surface area contributed by atoms with Crippen molar-refractivity contribution < 1.29 is 9.13 Å². The average Bonchev–Trinajstić information content (AvgIpc) is 3.24. The van der Waals surface area contributed by atoms with E-state index in [-0.39, 0.29) is 18.1 Å². The van der Waals surface area contributed by atoms with Gasteiger partial charge in [0.15, 0.2) is 0 Å². The van der Waals surface area contributed by atoms with Crippen LogP contribution in [0.1, 0.15) is 40.1 Å². The summed E-state index contributed by atoms with van der Waals surface area (Å²) in [6.07, 6.45) is 0.367. The highest BCUT2D eigenvalue weighted by atomic mass is 79.9. The second-order valence-corrected chi connectivity index (χ2v) is 9.62. The summed E-state index contributed by atoms with van der Waals surface area (Å²) in [4.78, 5) is 4.37. The Balaban J connectivity index is 1.70. The van der Waals surface area contributed by atoms with Crippen LogP contribution in [0.4, 0.5) is 10.1 Å². The van der Waals surface area contributed by atoms with E-state index in [1.54, 1.807) is 11.3 Å². The number of benzene rings is 2. The van der Waals surface area contributed by atoms with Crippen molar-refractivity contribution in [1.82, 2.24) is 0 Å². The van der Waals surface area contributed by atoms with Crippen molar-refractivity contribution in [3.05, 3.63) is 85.2 Å². The summed E-state index contributed by atoms with van der Waals surface area (Å²) in [7, 11) is 0. The van der Waals surface area contributed by atoms with E-state index >= 15 is 0 Å². The second kappa shape index (κ2) is 6.61. The summed E-state index contributed by atoms with van der Waals surface area (Å²) >= 11 is 11.3. The maximum absolute atomic E-state index is 14.9. The summed E-state index contributed by atoms with van der Waals surface area (Å²) in [5, 5.41) is 0.688. The van der Waals surface area contributed by atoms with Crippen molar-refractivity contribution in [2.75, 3.05) is 4.90 Å². The van der Waals surface area contributed by atoms with E-state index in [0.29, 0.717) is 27.2 Å². The van der Waals surface area contributed by atoms with Crippen molar-refractivity contribution in [3.63, 3.8) is 0 Å². The summed E-state index contributed by atoms with van der Waals surface area (Å²) in [5.74, 6) is 0.327. The molecule has 2 atom stereocenters. The van der Waals surface area contributed by atoms with Crippen molar-refractivity contribution >= 4 is 50.1 Å². The first-order chi connectivity index (χ1) is 13.4. The highest BCUT2D eigenvalue weighted by Crippen LogP contribution is 2.54. The minimum Gasteiger partial charge on any atom is -0.465 e. The van der Waals surface area contributed by atoms with Gasteiger partial charge in [0.25, 0.3) is 0 Å². The fraction of sp³-hybridized carbons (Fsp3) is 0.182. The minimum atomic E-state index is -0.327. The van der Waals surface area contributed by atoms with Crippen LogP contribution in [0.5, 0.6) is 5.75 Å². The topological polar surface area (TPSA) is 12.5 Å². The molecule has 0 amide bonds.